The van der Waals surface area contributed by atoms with Gasteiger partial charge in [-0.1, -0.05) is 12.1 Å². The number of ether oxygens (including phenoxy) is 1. The molecule has 1 aliphatic rings. The van der Waals surface area contributed by atoms with Gasteiger partial charge in [-0.25, -0.2) is 9.97 Å². The maximum atomic E-state index is 12.9. The lowest BCUT2D eigenvalue weighted by Crippen LogP contribution is -2.45. The van der Waals surface area contributed by atoms with Crippen molar-refractivity contribution in [2.24, 2.45) is 13.0 Å². The van der Waals surface area contributed by atoms with E-state index in [4.69, 9.17) is 4.74 Å². The van der Waals surface area contributed by atoms with Gasteiger partial charge < -0.3 is 15.0 Å². The average Bonchev–Trinajstić information content (AvgIpc) is 2.81. The number of nitrogens with one attached hydrogen (secondary N) is 1. The van der Waals surface area contributed by atoms with Gasteiger partial charge in [0.25, 0.3) is 5.56 Å². The number of amides is 1. The lowest BCUT2D eigenvalue weighted by molar-refractivity contribution is -0.125. The third-order valence-electron chi connectivity index (χ3n) is 5.60. The van der Waals surface area contributed by atoms with Gasteiger partial charge in [-0.2, -0.15) is 0 Å². The molecule has 1 fully saturated rings. The smallest absolute Gasteiger partial charge is 0.294 e. The van der Waals surface area contributed by atoms with Crippen LogP contribution in [0.2, 0.25) is 0 Å². The molecule has 8 heteroatoms. The number of rotatable bonds is 6. The highest BCUT2D eigenvalue weighted by atomic mass is 16.5. The minimum Gasteiger partial charge on any atom is -0.494 e. The number of piperidine rings is 1. The third kappa shape index (κ3) is 4.52. The van der Waals surface area contributed by atoms with E-state index in [9.17, 15) is 9.59 Å². The second kappa shape index (κ2) is 9.16. The van der Waals surface area contributed by atoms with Crippen molar-refractivity contribution >= 4 is 22.9 Å². The van der Waals surface area contributed by atoms with Gasteiger partial charge in [-0.15, -0.1) is 0 Å². The zero-order chi connectivity index (χ0) is 21.8. The van der Waals surface area contributed by atoms with Crippen molar-refractivity contribution < 1.29 is 9.53 Å². The maximum Gasteiger partial charge on any atom is 0.294 e. The molecule has 0 radical (unpaired) electrons. The van der Waals surface area contributed by atoms with E-state index in [1.54, 1.807) is 19.3 Å². The summed E-state index contributed by atoms with van der Waals surface area (Å²) in [5.41, 5.74) is 2.04. The molecule has 0 aliphatic carbocycles. The monoisotopic (exact) mass is 421 g/mol. The largest absolute Gasteiger partial charge is 0.494 e. The van der Waals surface area contributed by atoms with Crippen LogP contribution in [-0.4, -0.2) is 40.1 Å². The van der Waals surface area contributed by atoms with Gasteiger partial charge in [0.1, 0.15) is 11.3 Å². The van der Waals surface area contributed by atoms with Gasteiger partial charge in [0, 0.05) is 32.9 Å². The molecule has 162 valence electrons. The van der Waals surface area contributed by atoms with Gasteiger partial charge in [0.15, 0.2) is 11.5 Å². The van der Waals surface area contributed by atoms with Crippen molar-refractivity contribution in [2.45, 2.75) is 26.3 Å². The van der Waals surface area contributed by atoms with Gasteiger partial charge in [0.05, 0.1) is 12.5 Å². The Labute approximate surface area is 180 Å². The van der Waals surface area contributed by atoms with E-state index in [2.05, 4.69) is 15.3 Å². The number of carbonyl (C=O) groups is 1. The van der Waals surface area contributed by atoms with Crippen LogP contribution in [-0.2, 0) is 18.4 Å². The van der Waals surface area contributed by atoms with Crippen LogP contribution in [0, 0.1) is 5.92 Å². The highest BCUT2D eigenvalue weighted by molar-refractivity contribution is 5.79. The summed E-state index contributed by atoms with van der Waals surface area (Å²) in [4.78, 5) is 36.4. The van der Waals surface area contributed by atoms with Crippen LogP contribution in [0.1, 0.15) is 25.3 Å². The Kier molecular flexibility index (Phi) is 6.16. The second-order valence-electron chi connectivity index (χ2n) is 7.73. The number of anilines is 1. The molecule has 1 aliphatic heterocycles. The first kappa shape index (κ1) is 20.8. The standard InChI is InChI=1S/C23H27N5O3/c1-3-31-18-10-8-16(9-11-18)14-25-22(29)17-6-5-13-28(15-17)21-23(30)27(2)20-19(26-21)7-4-12-24-20/h4,7-12,17H,3,5-6,13-15H2,1-2H3,(H,25,29). The molecular formula is C23H27N5O3. The van der Waals surface area contributed by atoms with Crippen molar-refractivity contribution in [3.8, 4) is 5.75 Å². The Morgan fingerprint density at radius 3 is 2.84 bits per heavy atom. The van der Waals surface area contributed by atoms with E-state index in [0.29, 0.717) is 43.2 Å². The number of hydrogen-bond acceptors (Lipinski definition) is 6. The predicted molar refractivity (Wildman–Crippen MR) is 119 cm³/mol. The Morgan fingerprint density at radius 2 is 2.06 bits per heavy atom. The van der Waals surface area contributed by atoms with Crippen LogP contribution >= 0.6 is 0 Å². The van der Waals surface area contributed by atoms with Crippen molar-refractivity contribution in [1.29, 1.82) is 0 Å². The highest BCUT2D eigenvalue weighted by Crippen LogP contribution is 2.21. The predicted octanol–water partition coefficient (Wildman–Crippen LogP) is 2.26. The van der Waals surface area contributed by atoms with Gasteiger partial charge in [0.2, 0.25) is 5.91 Å². The van der Waals surface area contributed by atoms with E-state index >= 15 is 0 Å². The first-order chi connectivity index (χ1) is 15.1. The van der Waals surface area contributed by atoms with Crippen molar-refractivity contribution in [3.63, 3.8) is 0 Å². The molecule has 1 aromatic carbocycles. The molecule has 3 heterocycles. The van der Waals surface area contributed by atoms with E-state index in [1.165, 1.54) is 4.57 Å². The van der Waals surface area contributed by atoms with Gasteiger partial charge in [-0.05, 0) is 49.6 Å². The number of hydrogen-bond donors (Lipinski definition) is 1. The summed E-state index contributed by atoms with van der Waals surface area (Å²) in [6, 6.07) is 11.4. The fraction of sp³-hybridized carbons (Fsp3) is 0.391. The van der Waals surface area contributed by atoms with Crippen molar-refractivity contribution in [3.05, 3.63) is 58.5 Å². The molecule has 0 spiro atoms. The summed E-state index contributed by atoms with van der Waals surface area (Å²) < 4.78 is 6.97. The van der Waals surface area contributed by atoms with Crippen molar-refractivity contribution in [1.82, 2.24) is 19.9 Å². The molecule has 4 rings (SSSR count). The quantitative estimate of drug-likeness (QED) is 0.657. The fourth-order valence-corrected chi connectivity index (χ4v) is 3.94. The highest BCUT2D eigenvalue weighted by Gasteiger charge is 2.28. The summed E-state index contributed by atoms with van der Waals surface area (Å²) >= 11 is 0. The summed E-state index contributed by atoms with van der Waals surface area (Å²) in [5, 5.41) is 3.03. The van der Waals surface area contributed by atoms with E-state index in [-0.39, 0.29) is 17.4 Å². The molecule has 2 aromatic heterocycles. The molecule has 0 bridgehead atoms. The van der Waals surface area contributed by atoms with Crippen molar-refractivity contribution in [2.75, 3.05) is 24.6 Å². The number of fused-ring (bicyclic) bond motifs is 1. The lowest BCUT2D eigenvalue weighted by atomic mass is 9.97. The lowest BCUT2D eigenvalue weighted by Gasteiger charge is -2.32. The zero-order valence-electron chi connectivity index (χ0n) is 17.9. The van der Waals surface area contributed by atoms with Crippen LogP contribution in [0.3, 0.4) is 0 Å². The van der Waals surface area contributed by atoms with Crippen LogP contribution in [0.4, 0.5) is 5.82 Å². The Bertz CT molecular complexity index is 1130. The summed E-state index contributed by atoms with van der Waals surface area (Å²) in [5.74, 6) is 1.01. The topological polar surface area (TPSA) is 89.3 Å². The number of nitrogens with zero attached hydrogens (tertiary/aromatic N) is 4. The SMILES string of the molecule is CCOc1ccc(CNC(=O)C2CCCN(c3nc4cccnc4n(C)c3=O)C2)cc1. The average molecular weight is 422 g/mol. The van der Waals surface area contributed by atoms with Crippen LogP contribution in [0.15, 0.2) is 47.4 Å². The Hall–Kier alpha value is -3.42. The van der Waals surface area contributed by atoms with E-state index in [0.717, 1.165) is 24.2 Å². The number of pyridine rings is 1. The summed E-state index contributed by atoms with van der Waals surface area (Å²) in [6.07, 6.45) is 3.27. The molecule has 1 amide bonds. The zero-order valence-corrected chi connectivity index (χ0v) is 17.9. The van der Waals surface area contributed by atoms with E-state index < -0.39 is 0 Å². The molecular weight excluding hydrogens is 394 g/mol. The molecule has 31 heavy (non-hydrogen) atoms. The van der Waals surface area contributed by atoms with Crippen LogP contribution < -0.4 is 20.5 Å². The van der Waals surface area contributed by atoms with Crippen LogP contribution in [0.5, 0.6) is 5.75 Å². The van der Waals surface area contributed by atoms with Gasteiger partial charge in [-0.3, -0.25) is 14.2 Å². The molecule has 1 N–H and O–H groups in total. The third-order valence-corrected chi connectivity index (χ3v) is 5.60. The maximum absolute atomic E-state index is 12.9. The Morgan fingerprint density at radius 1 is 1.26 bits per heavy atom. The molecule has 0 saturated carbocycles. The molecule has 1 unspecified atom stereocenters. The molecule has 8 nitrogen and oxygen atoms in total. The normalized spacial score (nSPS) is 16.3. The number of carbonyl (C=O) groups excluding carboxylic acids is 1. The first-order valence-corrected chi connectivity index (χ1v) is 10.6. The summed E-state index contributed by atoms with van der Waals surface area (Å²) in [6.45, 7) is 4.21. The molecule has 1 saturated heterocycles. The fourth-order valence-electron chi connectivity index (χ4n) is 3.94. The minimum absolute atomic E-state index is 0.00198. The number of aryl methyl sites for hydroxylation is 1. The number of benzene rings is 1. The second-order valence-corrected chi connectivity index (χ2v) is 7.73. The Balaban J connectivity index is 1.43. The molecule has 1 atom stereocenters. The number of aromatic nitrogens is 3. The van der Waals surface area contributed by atoms with Gasteiger partial charge >= 0.3 is 0 Å². The minimum atomic E-state index is -0.193. The summed E-state index contributed by atoms with van der Waals surface area (Å²) in [7, 11) is 1.70. The van der Waals surface area contributed by atoms with Crippen LogP contribution in [0.25, 0.3) is 11.2 Å². The first-order valence-electron chi connectivity index (χ1n) is 10.6. The molecule has 3 aromatic rings. The van der Waals surface area contributed by atoms with E-state index in [1.807, 2.05) is 42.2 Å².